The van der Waals surface area contributed by atoms with E-state index in [9.17, 15) is 19.2 Å². The summed E-state index contributed by atoms with van der Waals surface area (Å²) in [7, 11) is 0. The minimum Gasteiger partial charge on any atom is -0.354 e. The molecule has 8 nitrogen and oxygen atoms in total. The van der Waals surface area contributed by atoms with Gasteiger partial charge in [0.25, 0.3) is 0 Å². The van der Waals surface area contributed by atoms with Gasteiger partial charge in [0.2, 0.25) is 0 Å². The standard InChI is InChI=1S/C56H46N4O4S4/c1-33(61)65-29-37-9-5-13-41(25-37)53-45-17-19-47(57-45)54(42-14-6-10-38(26-42)30-66-34(2)62)49-21-23-51(59-49)56(44-16-8-12-40(28-44)32-68-36(4)64)52-24-22-50(60-52)55(48-20-18-46(53)58-48)43-15-7-11-39(27-43)31-67-35(3)63/h5-28,57-58H,29-32H2,1-4H3. The van der Waals surface area contributed by atoms with Crippen LogP contribution >= 0.6 is 47.0 Å². The molecule has 0 aliphatic carbocycles. The Morgan fingerprint density at radius 3 is 0.941 bits per heavy atom. The maximum absolute atomic E-state index is 12.1. The molecule has 12 heteroatoms. The smallest absolute Gasteiger partial charge is 0.186 e. The zero-order valence-electron chi connectivity index (χ0n) is 37.8. The second-order valence-electron chi connectivity index (χ2n) is 16.4. The molecule has 8 bridgehead atoms. The predicted octanol–water partition coefficient (Wildman–Crippen LogP) is 14.4. The molecule has 9 rings (SSSR count). The third kappa shape index (κ3) is 10.8. The Morgan fingerprint density at radius 2 is 0.632 bits per heavy atom. The van der Waals surface area contributed by atoms with Crippen LogP contribution in [0.5, 0.6) is 0 Å². The van der Waals surface area contributed by atoms with Gasteiger partial charge in [-0.3, -0.25) is 19.2 Å². The summed E-state index contributed by atoms with van der Waals surface area (Å²) in [4.78, 5) is 66.9. The minimum absolute atomic E-state index is 0.0541. The first-order valence-corrected chi connectivity index (χ1v) is 26.0. The van der Waals surface area contributed by atoms with E-state index in [0.717, 1.165) is 112 Å². The Labute approximate surface area is 412 Å². The van der Waals surface area contributed by atoms with Crippen molar-refractivity contribution in [2.24, 2.45) is 0 Å². The summed E-state index contributed by atoms with van der Waals surface area (Å²) in [5.74, 6) is 2.16. The van der Waals surface area contributed by atoms with Crippen molar-refractivity contribution in [3.63, 3.8) is 0 Å². The van der Waals surface area contributed by atoms with Gasteiger partial charge in [0.1, 0.15) is 0 Å². The number of nitrogens with zero attached hydrogens (tertiary/aromatic N) is 2. The van der Waals surface area contributed by atoms with E-state index in [1.165, 1.54) is 47.0 Å². The lowest BCUT2D eigenvalue weighted by Crippen LogP contribution is -1.93. The molecule has 7 aromatic rings. The number of aromatic amines is 2. The molecule has 0 spiro atoms. The topological polar surface area (TPSA) is 126 Å². The molecule has 3 aromatic heterocycles. The van der Waals surface area contributed by atoms with Crippen LogP contribution in [-0.4, -0.2) is 40.4 Å². The van der Waals surface area contributed by atoms with E-state index in [2.05, 4.69) is 94.9 Å². The van der Waals surface area contributed by atoms with Crippen LogP contribution < -0.4 is 0 Å². The molecule has 0 amide bonds. The van der Waals surface area contributed by atoms with Crippen LogP contribution in [0.2, 0.25) is 0 Å². The molecule has 2 aliphatic rings. The molecule has 0 fully saturated rings. The van der Waals surface area contributed by atoms with E-state index in [1.54, 1.807) is 27.7 Å². The van der Waals surface area contributed by atoms with Gasteiger partial charge >= 0.3 is 0 Å². The summed E-state index contributed by atoms with van der Waals surface area (Å²) in [6, 6.07) is 41.5. The number of hydrogen-bond acceptors (Lipinski definition) is 10. The van der Waals surface area contributed by atoms with Gasteiger partial charge < -0.3 is 9.97 Å². The fourth-order valence-corrected chi connectivity index (χ4v) is 10.6. The van der Waals surface area contributed by atoms with Crippen LogP contribution in [0.1, 0.15) is 72.7 Å². The summed E-state index contributed by atoms with van der Waals surface area (Å²) < 4.78 is 0. The molecule has 5 heterocycles. The second-order valence-corrected chi connectivity index (χ2v) is 21.0. The number of rotatable bonds is 12. The molecule has 2 aliphatic heterocycles. The Kier molecular flexibility index (Phi) is 14.3. The molecule has 0 radical (unpaired) electrons. The second kappa shape index (κ2) is 20.8. The highest BCUT2D eigenvalue weighted by Gasteiger charge is 2.21. The monoisotopic (exact) mass is 966 g/mol. The van der Waals surface area contributed by atoms with Gasteiger partial charge in [-0.25, -0.2) is 9.97 Å². The number of aromatic nitrogens is 4. The first-order chi connectivity index (χ1) is 32.9. The average Bonchev–Trinajstić information content (AvgIpc) is 4.18. The highest BCUT2D eigenvalue weighted by Crippen LogP contribution is 2.40. The lowest BCUT2D eigenvalue weighted by atomic mass is 10.0. The lowest BCUT2D eigenvalue weighted by Gasteiger charge is -2.09. The molecule has 0 saturated heterocycles. The van der Waals surface area contributed by atoms with E-state index < -0.39 is 0 Å². The molecule has 0 atom stereocenters. The molecule has 2 N–H and O–H groups in total. The van der Waals surface area contributed by atoms with Gasteiger partial charge in [-0.15, -0.1) is 0 Å². The van der Waals surface area contributed by atoms with Crippen LogP contribution in [0, 0.1) is 0 Å². The van der Waals surface area contributed by atoms with Gasteiger partial charge in [-0.05, 0) is 93.1 Å². The number of thioether (sulfide) groups is 4. The average molecular weight is 967 g/mol. The van der Waals surface area contributed by atoms with Crippen molar-refractivity contribution in [3.05, 3.63) is 166 Å². The van der Waals surface area contributed by atoms with E-state index in [1.807, 2.05) is 60.7 Å². The highest BCUT2D eigenvalue weighted by molar-refractivity contribution is 8.13. The molecular weight excluding hydrogens is 921 g/mol. The van der Waals surface area contributed by atoms with Gasteiger partial charge in [-0.1, -0.05) is 144 Å². The molecular formula is C56H46N4O4S4. The molecule has 4 aromatic carbocycles. The summed E-state index contributed by atoms with van der Waals surface area (Å²) in [5.41, 5.74) is 17.8. The molecule has 338 valence electrons. The number of fused-ring (bicyclic) bond motifs is 8. The van der Waals surface area contributed by atoms with Crippen molar-refractivity contribution in [1.82, 2.24) is 19.9 Å². The Hall–Kier alpha value is -6.44. The largest absolute Gasteiger partial charge is 0.354 e. The van der Waals surface area contributed by atoms with E-state index in [0.29, 0.717) is 23.0 Å². The fourth-order valence-electron chi connectivity index (χ4n) is 8.43. The van der Waals surface area contributed by atoms with Crippen LogP contribution in [0.3, 0.4) is 0 Å². The fraction of sp³-hybridized carbons (Fsp3) is 0.143. The van der Waals surface area contributed by atoms with Crippen molar-refractivity contribution >= 4 is 114 Å². The zero-order chi connectivity index (χ0) is 47.3. The zero-order valence-corrected chi connectivity index (χ0v) is 41.1. The van der Waals surface area contributed by atoms with Crippen LogP contribution in [0.15, 0.2) is 121 Å². The van der Waals surface area contributed by atoms with E-state index >= 15 is 0 Å². The molecule has 68 heavy (non-hydrogen) atoms. The third-order valence-electron chi connectivity index (χ3n) is 11.4. The first-order valence-electron chi connectivity index (χ1n) is 22.0. The minimum atomic E-state index is 0.0541. The van der Waals surface area contributed by atoms with Gasteiger partial charge in [0, 0.05) is 95.0 Å². The number of benzene rings is 4. The maximum atomic E-state index is 12.1. The van der Waals surface area contributed by atoms with Gasteiger partial charge in [0.05, 0.1) is 22.8 Å². The normalized spacial score (nSPS) is 11.8. The summed E-state index contributed by atoms with van der Waals surface area (Å²) in [5, 5.41) is 0.229. The predicted molar refractivity (Wildman–Crippen MR) is 289 cm³/mol. The number of nitrogens with one attached hydrogen (secondary N) is 2. The van der Waals surface area contributed by atoms with Crippen LogP contribution in [-0.2, 0) is 42.2 Å². The lowest BCUT2D eigenvalue weighted by molar-refractivity contribution is -0.109. The third-order valence-corrected chi connectivity index (χ3v) is 14.9. The Bertz CT molecular complexity index is 3240. The van der Waals surface area contributed by atoms with E-state index in [-0.39, 0.29) is 20.5 Å². The first kappa shape index (κ1) is 46.7. The number of carbonyl (C=O) groups is 4. The summed E-state index contributed by atoms with van der Waals surface area (Å²) in [6.45, 7) is 6.35. The summed E-state index contributed by atoms with van der Waals surface area (Å²) in [6.07, 6.45) is 8.21. The van der Waals surface area contributed by atoms with Gasteiger partial charge in [0.15, 0.2) is 20.5 Å². The SMILES string of the molecule is CC(=O)SCc1cccc(-c2c3nc(c(-c4cccc(CSC(C)=O)c4)c4ccc([nH]4)c(-c4cccc(CSC(C)=O)c4)c4ccc([nH]4)c(-c4cccc(CSC(C)=O)c4)c4nc2C=C4)C=C3)c1. The number of hydrogen-bond donors (Lipinski definition) is 2. The number of carbonyl (C=O) groups excluding carboxylic acids is 4. The number of H-pyrrole nitrogens is 2. The Morgan fingerprint density at radius 1 is 0.368 bits per heavy atom. The summed E-state index contributed by atoms with van der Waals surface area (Å²) >= 11 is 5.12. The van der Waals surface area contributed by atoms with Gasteiger partial charge in [-0.2, -0.15) is 0 Å². The molecule has 0 unspecified atom stereocenters. The van der Waals surface area contributed by atoms with Crippen molar-refractivity contribution < 1.29 is 19.2 Å². The van der Waals surface area contributed by atoms with Crippen molar-refractivity contribution in [1.29, 1.82) is 0 Å². The molecule has 0 saturated carbocycles. The van der Waals surface area contributed by atoms with Crippen molar-refractivity contribution in [2.75, 3.05) is 0 Å². The highest BCUT2D eigenvalue weighted by atomic mass is 32.2. The quantitative estimate of drug-likeness (QED) is 0.122. The van der Waals surface area contributed by atoms with E-state index in [4.69, 9.17) is 9.97 Å². The van der Waals surface area contributed by atoms with Crippen LogP contribution in [0.4, 0.5) is 0 Å². The van der Waals surface area contributed by atoms with Crippen LogP contribution in [0.25, 0.3) is 90.9 Å². The maximum Gasteiger partial charge on any atom is 0.186 e. The Balaban J connectivity index is 1.39. The van der Waals surface area contributed by atoms with Crippen molar-refractivity contribution in [3.8, 4) is 44.5 Å². The van der Waals surface area contributed by atoms with Crippen molar-refractivity contribution in [2.45, 2.75) is 50.7 Å².